The Bertz CT molecular complexity index is 602. The predicted molar refractivity (Wildman–Crippen MR) is 84.8 cm³/mol. The van der Waals surface area contributed by atoms with Crippen molar-refractivity contribution in [3.8, 4) is 11.5 Å². The standard InChI is InChI=1S/C15H15BrN2O3/c1-20-13-4-2-3-5-14(13)21-10-17-15(19)18-12-8-6-11(16)7-9-12/h2-9H,10H2,1H3,(H2,17,18,19). The van der Waals surface area contributed by atoms with E-state index in [1.54, 1.807) is 31.4 Å². The second kappa shape index (κ2) is 7.54. The molecular formula is C15H15BrN2O3. The maximum Gasteiger partial charge on any atom is 0.321 e. The number of anilines is 1. The number of methoxy groups -OCH3 is 1. The summed E-state index contributed by atoms with van der Waals surface area (Å²) in [5.41, 5.74) is 0.702. The fraction of sp³-hybridized carbons (Fsp3) is 0.133. The van der Waals surface area contributed by atoms with Crippen LogP contribution in [0.2, 0.25) is 0 Å². The van der Waals surface area contributed by atoms with Gasteiger partial charge in [-0.3, -0.25) is 0 Å². The number of rotatable bonds is 5. The minimum Gasteiger partial charge on any atom is -0.493 e. The molecule has 0 unspecified atom stereocenters. The number of nitrogens with one attached hydrogen (secondary N) is 2. The summed E-state index contributed by atoms with van der Waals surface area (Å²) in [5.74, 6) is 1.19. The Labute approximate surface area is 131 Å². The van der Waals surface area contributed by atoms with E-state index in [1.807, 2.05) is 24.3 Å². The second-order valence-electron chi connectivity index (χ2n) is 4.08. The number of hydrogen-bond donors (Lipinski definition) is 2. The van der Waals surface area contributed by atoms with E-state index < -0.39 is 0 Å². The highest BCUT2D eigenvalue weighted by molar-refractivity contribution is 9.10. The molecule has 0 aliphatic heterocycles. The van der Waals surface area contributed by atoms with Gasteiger partial charge in [0.1, 0.15) is 0 Å². The Hall–Kier alpha value is -2.21. The molecule has 0 aromatic heterocycles. The Morgan fingerprint density at radius 1 is 1.10 bits per heavy atom. The molecule has 2 rings (SSSR count). The number of benzene rings is 2. The molecule has 2 N–H and O–H groups in total. The van der Waals surface area contributed by atoms with Crippen molar-refractivity contribution in [2.75, 3.05) is 19.2 Å². The molecule has 0 atom stereocenters. The van der Waals surface area contributed by atoms with Gasteiger partial charge in [0, 0.05) is 10.2 Å². The quantitative estimate of drug-likeness (QED) is 0.809. The molecule has 2 aromatic rings. The molecule has 0 spiro atoms. The smallest absolute Gasteiger partial charge is 0.321 e. The number of carbonyl (C=O) groups excluding carboxylic acids is 1. The number of halogens is 1. The largest absolute Gasteiger partial charge is 0.493 e. The lowest BCUT2D eigenvalue weighted by molar-refractivity contribution is 0.231. The molecule has 110 valence electrons. The number of carbonyl (C=O) groups is 1. The molecule has 0 saturated heterocycles. The van der Waals surface area contributed by atoms with Gasteiger partial charge in [-0.15, -0.1) is 0 Å². The number of hydrogen-bond acceptors (Lipinski definition) is 3. The third kappa shape index (κ3) is 4.68. The van der Waals surface area contributed by atoms with Crippen molar-refractivity contribution in [2.45, 2.75) is 0 Å². The molecule has 0 bridgehead atoms. The number of para-hydroxylation sites is 2. The molecule has 6 heteroatoms. The molecule has 21 heavy (non-hydrogen) atoms. The van der Waals surface area contributed by atoms with Crippen LogP contribution >= 0.6 is 15.9 Å². The van der Waals surface area contributed by atoms with Crippen molar-refractivity contribution in [3.63, 3.8) is 0 Å². The van der Waals surface area contributed by atoms with Crippen molar-refractivity contribution in [1.29, 1.82) is 0 Å². The van der Waals surface area contributed by atoms with Crippen LogP contribution in [0.5, 0.6) is 11.5 Å². The molecule has 0 heterocycles. The van der Waals surface area contributed by atoms with Crippen molar-refractivity contribution in [3.05, 3.63) is 53.0 Å². The highest BCUT2D eigenvalue weighted by Gasteiger charge is 2.04. The molecule has 0 aliphatic rings. The lowest BCUT2D eigenvalue weighted by Gasteiger charge is -2.11. The van der Waals surface area contributed by atoms with Crippen LogP contribution in [0.1, 0.15) is 0 Å². The molecule has 0 fully saturated rings. The van der Waals surface area contributed by atoms with Gasteiger partial charge in [0.05, 0.1) is 7.11 Å². The van der Waals surface area contributed by atoms with Gasteiger partial charge in [0.25, 0.3) is 0 Å². The average Bonchev–Trinajstić information content (AvgIpc) is 2.50. The third-order valence-corrected chi connectivity index (χ3v) is 3.16. The molecule has 2 aromatic carbocycles. The van der Waals surface area contributed by atoms with Gasteiger partial charge in [-0.05, 0) is 36.4 Å². The van der Waals surface area contributed by atoms with E-state index in [4.69, 9.17) is 9.47 Å². The van der Waals surface area contributed by atoms with E-state index in [1.165, 1.54) is 0 Å². The number of ether oxygens (including phenoxy) is 2. The zero-order valence-corrected chi connectivity index (χ0v) is 13.0. The normalized spacial score (nSPS) is 9.81. The highest BCUT2D eigenvalue weighted by atomic mass is 79.9. The monoisotopic (exact) mass is 350 g/mol. The van der Waals surface area contributed by atoms with E-state index >= 15 is 0 Å². The summed E-state index contributed by atoms with van der Waals surface area (Å²) in [6.07, 6.45) is 0. The fourth-order valence-electron chi connectivity index (χ4n) is 1.63. The summed E-state index contributed by atoms with van der Waals surface area (Å²) in [5, 5.41) is 5.31. The SMILES string of the molecule is COc1ccccc1OCNC(=O)Nc1ccc(Br)cc1. The van der Waals surface area contributed by atoms with E-state index in [9.17, 15) is 4.79 Å². The van der Waals surface area contributed by atoms with Gasteiger partial charge in [-0.25, -0.2) is 4.79 Å². The van der Waals surface area contributed by atoms with Gasteiger partial charge in [-0.2, -0.15) is 0 Å². The van der Waals surface area contributed by atoms with Gasteiger partial charge in [0.15, 0.2) is 18.2 Å². The molecular weight excluding hydrogens is 336 g/mol. The summed E-state index contributed by atoms with van der Waals surface area (Å²) in [4.78, 5) is 11.7. The van der Waals surface area contributed by atoms with Crippen LogP contribution in [0.3, 0.4) is 0 Å². The summed E-state index contributed by atoms with van der Waals surface area (Å²) in [6, 6.07) is 14.2. The zero-order chi connectivity index (χ0) is 15.1. The minimum absolute atomic E-state index is 0.0444. The van der Waals surface area contributed by atoms with Crippen molar-refractivity contribution in [2.24, 2.45) is 0 Å². The Morgan fingerprint density at radius 2 is 1.76 bits per heavy atom. The number of urea groups is 1. The van der Waals surface area contributed by atoms with Gasteiger partial charge >= 0.3 is 6.03 Å². The third-order valence-electron chi connectivity index (χ3n) is 2.63. The van der Waals surface area contributed by atoms with Crippen LogP contribution in [-0.2, 0) is 0 Å². The van der Waals surface area contributed by atoms with Gasteiger partial charge < -0.3 is 20.1 Å². The zero-order valence-electron chi connectivity index (χ0n) is 11.4. The first-order chi connectivity index (χ1) is 10.2. The summed E-state index contributed by atoms with van der Waals surface area (Å²) < 4.78 is 11.6. The molecule has 0 saturated carbocycles. The van der Waals surface area contributed by atoms with Crippen molar-refractivity contribution in [1.82, 2.24) is 5.32 Å². The molecule has 0 radical (unpaired) electrons. The first-order valence-corrected chi connectivity index (χ1v) is 7.04. The van der Waals surface area contributed by atoms with Crippen molar-refractivity contribution >= 4 is 27.6 Å². The fourth-order valence-corrected chi connectivity index (χ4v) is 1.89. The van der Waals surface area contributed by atoms with Crippen LogP contribution in [0.25, 0.3) is 0 Å². The van der Waals surface area contributed by atoms with Gasteiger partial charge in [-0.1, -0.05) is 28.1 Å². The van der Waals surface area contributed by atoms with E-state index in [2.05, 4.69) is 26.6 Å². The maximum atomic E-state index is 11.7. The average molecular weight is 351 g/mol. The van der Waals surface area contributed by atoms with E-state index in [0.29, 0.717) is 17.2 Å². The van der Waals surface area contributed by atoms with Crippen LogP contribution in [0, 0.1) is 0 Å². The van der Waals surface area contributed by atoms with E-state index in [-0.39, 0.29) is 12.8 Å². The molecule has 2 amide bonds. The second-order valence-corrected chi connectivity index (χ2v) is 4.99. The maximum absolute atomic E-state index is 11.7. The number of amides is 2. The minimum atomic E-state index is -0.341. The summed E-state index contributed by atoms with van der Waals surface area (Å²) >= 11 is 3.33. The van der Waals surface area contributed by atoms with Crippen LogP contribution in [0.15, 0.2) is 53.0 Å². The Morgan fingerprint density at radius 3 is 2.43 bits per heavy atom. The Kier molecular flexibility index (Phi) is 5.45. The Balaban J connectivity index is 1.80. The van der Waals surface area contributed by atoms with Gasteiger partial charge in [0.2, 0.25) is 0 Å². The van der Waals surface area contributed by atoms with E-state index in [0.717, 1.165) is 4.47 Å². The highest BCUT2D eigenvalue weighted by Crippen LogP contribution is 2.25. The van der Waals surface area contributed by atoms with Crippen LogP contribution in [0.4, 0.5) is 10.5 Å². The lowest BCUT2D eigenvalue weighted by atomic mass is 10.3. The van der Waals surface area contributed by atoms with Crippen LogP contribution < -0.4 is 20.1 Å². The first kappa shape index (κ1) is 15.2. The molecule has 5 nitrogen and oxygen atoms in total. The first-order valence-electron chi connectivity index (χ1n) is 6.25. The lowest BCUT2D eigenvalue weighted by Crippen LogP contribution is -2.32. The van der Waals surface area contributed by atoms with Crippen LogP contribution in [-0.4, -0.2) is 19.9 Å². The summed E-state index contributed by atoms with van der Waals surface area (Å²) in [7, 11) is 1.57. The predicted octanol–water partition coefficient (Wildman–Crippen LogP) is 3.62. The summed E-state index contributed by atoms with van der Waals surface area (Å²) in [6.45, 7) is 0.0444. The topological polar surface area (TPSA) is 59.6 Å². The van der Waals surface area contributed by atoms with Crippen molar-refractivity contribution < 1.29 is 14.3 Å². The molecule has 0 aliphatic carbocycles.